The SMILES string of the molecule is C[C@@H](N)C(=O)N1[C@H](c2cc(F)cc(F)c2)CC[C@@H]1C(C)(C)O. The lowest BCUT2D eigenvalue weighted by atomic mass is 9.96. The smallest absolute Gasteiger partial charge is 0.240 e. The van der Waals surface area contributed by atoms with Gasteiger partial charge in [-0.15, -0.1) is 0 Å². The van der Waals surface area contributed by atoms with Gasteiger partial charge < -0.3 is 15.7 Å². The molecule has 1 aromatic carbocycles. The summed E-state index contributed by atoms with van der Waals surface area (Å²) in [6.07, 6.45) is 1.07. The Morgan fingerprint density at radius 1 is 1.32 bits per heavy atom. The van der Waals surface area contributed by atoms with E-state index in [0.717, 1.165) is 6.07 Å². The highest BCUT2D eigenvalue weighted by Crippen LogP contribution is 2.40. The van der Waals surface area contributed by atoms with Crippen molar-refractivity contribution in [3.8, 4) is 0 Å². The van der Waals surface area contributed by atoms with E-state index in [9.17, 15) is 18.7 Å². The van der Waals surface area contributed by atoms with Crippen LogP contribution in [0.5, 0.6) is 0 Å². The van der Waals surface area contributed by atoms with Gasteiger partial charge in [0.15, 0.2) is 0 Å². The molecule has 1 saturated heterocycles. The van der Waals surface area contributed by atoms with Gasteiger partial charge in [0.1, 0.15) is 11.6 Å². The topological polar surface area (TPSA) is 66.6 Å². The Balaban J connectivity index is 2.43. The molecule has 0 radical (unpaired) electrons. The Morgan fingerprint density at radius 3 is 2.32 bits per heavy atom. The second-order valence-corrected chi connectivity index (χ2v) is 6.50. The Kier molecular flexibility index (Phi) is 4.54. The molecular formula is C16H22F2N2O2. The fraction of sp³-hybridized carbons (Fsp3) is 0.562. The maximum absolute atomic E-state index is 13.5. The van der Waals surface area contributed by atoms with Crippen LogP contribution in [0, 0.1) is 11.6 Å². The van der Waals surface area contributed by atoms with Crippen LogP contribution in [0.25, 0.3) is 0 Å². The average molecular weight is 312 g/mol. The van der Waals surface area contributed by atoms with Crippen LogP contribution in [-0.4, -0.2) is 33.6 Å². The largest absolute Gasteiger partial charge is 0.388 e. The standard InChI is InChI=1S/C16H22F2N2O2/c1-9(19)15(21)20-13(4-5-14(20)16(2,3)22)10-6-11(17)8-12(18)7-10/h6-9,13-14,22H,4-5,19H2,1-3H3/t9-,13+,14-/m1/s1. The lowest BCUT2D eigenvalue weighted by Gasteiger charge is -2.38. The third-order valence-corrected chi connectivity index (χ3v) is 4.11. The van der Waals surface area contributed by atoms with Gasteiger partial charge in [-0.1, -0.05) is 0 Å². The summed E-state index contributed by atoms with van der Waals surface area (Å²) in [5, 5.41) is 10.3. The molecule has 1 heterocycles. The van der Waals surface area contributed by atoms with Gasteiger partial charge in [-0.25, -0.2) is 8.78 Å². The maximum atomic E-state index is 13.5. The fourth-order valence-corrected chi connectivity index (χ4v) is 3.14. The van der Waals surface area contributed by atoms with Gasteiger partial charge in [-0.05, 0) is 51.3 Å². The Morgan fingerprint density at radius 2 is 1.86 bits per heavy atom. The number of nitrogens with two attached hydrogens (primary N) is 1. The Hall–Kier alpha value is -1.53. The molecule has 0 bridgehead atoms. The van der Waals surface area contributed by atoms with Crippen LogP contribution in [0.1, 0.15) is 45.2 Å². The molecule has 0 aromatic heterocycles. The number of carbonyl (C=O) groups is 1. The minimum absolute atomic E-state index is 0.334. The molecule has 1 amide bonds. The number of rotatable bonds is 3. The molecule has 1 aromatic rings. The fourth-order valence-electron chi connectivity index (χ4n) is 3.14. The quantitative estimate of drug-likeness (QED) is 0.898. The minimum Gasteiger partial charge on any atom is -0.388 e. The molecule has 3 N–H and O–H groups in total. The third-order valence-electron chi connectivity index (χ3n) is 4.11. The van der Waals surface area contributed by atoms with Crippen LogP contribution in [-0.2, 0) is 4.79 Å². The molecule has 122 valence electrons. The van der Waals surface area contributed by atoms with Crippen LogP contribution < -0.4 is 5.73 Å². The number of nitrogens with zero attached hydrogens (tertiary/aromatic N) is 1. The van der Waals surface area contributed by atoms with Gasteiger partial charge in [0.05, 0.1) is 23.7 Å². The molecule has 22 heavy (non-hydrogen) atoms. The van der Waals surface area contributed by atoms with Crippen molar-refractivity contribution in [2.24, 2.45) is 5.73 Å². The van der Waals surface area contributed by atoms with Gasteiger partial charge in [-0.2, -0.15) is 0 Å². The molecule has 1 aliphatic heterocycles. The van der Waals surface area contributed by atoms with Crippen LogP contribution in [0.2, 0.25) is 0 Å². The van der Waals surface area contributed by atoms with Crippen molar-refractivity contribution < 1.29 is 18.7 Å². The number of amides is 1. The summed E-state index contributed by atoms with van der Waals surface area (Å²) in [5.41, 5.74) is 4.97. The van der Waals surface area contributed by atoms with Crippen molar-refractivity contribution in [1.82, 2.24) is 4.90 Å². The summed E-state index contributed by atoms with van der Waals surface area (Å²) >= 11 is 0. The first-order valence-electron chi connectivity index (χ1n) is 7.37. The molecule has 0 aliphatic carbocycles. The molecule has 4 nitrogen and oxygen atoms in total. The summed E-state index contributed by atoms with van der Waals surface area (Å²) in [4.78, 5) is 13.9. The van der Waals surface area contributed by atoms with E-state index in [2.05, 4.69) is 0 Å². The van der Waals surface area contributed by atoms with Gasteiger partial charge in [0.25, 0.3) is 0 Å². The van der Waals surface area contributed by atoms with Gasteiger partial charge in [0.2, 0.25) is 5.91 Å². The van der Waals surface area contributed by atoms with Gasteiger partial charge in [0, 0.05) is 6.07 Å². The number of hydrogen-bond donors (Lipinski definition) is 2. The number of hydrogen-bond acceptors (Lipinski definition) is 3. The highest BCUT2D eigenvalue weighted by molar-refractivity contribution is 5.82. The first-order chi connectivity index (χ1) is 10.1. The van der Waals surface area contributed by atoms with E-state index in [1.54, 1.807) is 20.8 Å². The van der Waals surface area contributed by atoms with E-state index in [0.29, 0.717) is 18.4 Å². The second-order valence-electron chi connectivity index (χ2n) is 6.50. The predicted octanol–water partition coefficient (Wildman–Crippen LogP) is 2.12. The molecule has 0 spiro atoms. The minimum atomic E-state index is -1.12. The molecule has 1 fully saturated rings. The van der Waals surface area contributed by atoms with E-state index >= 15 is 0 Å². The number of halogens is 2. The molecule has 3 atom stereocenters. The number of carbonyl (C=O) groups excluding carboxylic acids is 1. The van der Waals surface area contributed by atoms with Crippen molar-refractivity contribution >= 4 is 5.91 Å². The molecule has 2 rings (SSSR count). The maximum Gasteiger partial charge on any atom is 0.240 e. The zero-order valence-electron chi connectivity index (χ0n) is 13.0. The molecule has 1 aliphatic rings. The lowest BCUT2D eigenvalue weighted by molar-refractivity contribution is -0.140. The summed E-state index contributed by atoms with van der Waals surface area (Å²) in [5.74, 6) is -1.70. The molecule has 6 heteroatoms. The molecule has 0 unspecified atom stereocenters. The van der Waals surface area contributed by atoms with Crippen molar-refractivity contribution in [2.45, 2.75) is 57.3 Å². The molecular weight excluding hydrogens is 290 g/mol. The Bertz CT molecular complexity index is 550. The number of likely N-dealkylation sites (tertiary alicyclic amines) is 1. The van der Waals surface area contributed by atoms with E-state index in [1.165, 1.54) is 17.0 Å². The summed E-state index contributed by atoms with van der Waals surface area (Å²) in [6.45, 7) is 4.80. The zero-order valence-corrected chi connectivity index (χ0v) is 13.0. The van der Waals surface area contributed by atoms with E-state index in [-0.39, 0.29) is 5.91 Å². The first-order valence-corrected chi connectivity index (χ1v) is 7.37. The second kappa shape index (κ2) is 5.93. The van der Waals surface area contributed by atoms with Crippen molar-refractivity contribution in [3.05, 3.63) is 35.4 Å². The van der Waals surface area contributed by atoms with Crippen molar-refractivity contribution in [1.29, 1.82) is 0 Å². The lowest BCUT2D eigenvalue weighted by Crippen LogP contribution is -2.53. The normalized spacial score (nSPS) is 23.7. The van der Waals surface area contributed by atoms with E-state index in [1.807, 2.05) is 0 Å². The zero-order chi connectivity index (χ0) is 16.7. The van der Waals surface area contributed by atoms with Crippen LogP contribution in [0.4, 0.5) is 8.78 Å². The number of benzene rings is 1. The summed E-state index contributed by atoms with van der Waals surface area (Å²) < 4.78 is 27.0. The predicted molar refractivity (Wildman–Crippen MR) is 78.9 cm³/mol. The van der Waals surface area contributed by atoms with E-state index in [4.69, 9.17) is 5.73 Å². The summed E-state index contributed by atoms with van der Waals surface area (Å²) in [7, 11) is 0. The van der Waals surface area contributed by atoms with Crippen LogP contribution in [0.3, 0.4) is 0 Å². The highest BCUT2D eigenvalue weighted by Gasteiger charge is 2.45. The van der Waals surface area contributed by atoms with Gasteiger partial charge >= 0.3 is 0 Å². The monoisotopic (exact) mass is 312 g/mol. The Labute approximate surface area is 128 Å². The van der Waals surface area contributed by atoms with Crippen molar-refractivity contribution in [3.63, 3.8) is 0 Å². The van der Waals surface area contributed by atoms with E-state index < -0.39 is 35.4 Å². The average Bonchev–Trinajstić information content (AvgIpc) is 2.80. The number of aliphatic hydroxyl groups is 1. The van der Waals surface area contributed by atoms with Crippen molar-refractivity contribution in [2.75, 3.05) is 0 Å². The summed E-state index contributed by atoms with van der Waals surface area (Å²) in [6, 6.07) is 1.57. The third kappa shape index (κ3) is 3.28. The van der Waals surface area contributed by atoms with Gasteiger partial charge in [-0.3, -0.25) is 4.79 Å². The van der Waals surface area contributed by atoms with Crippen LogP contribution in [0.15, 0.2) is 18.2 Å². The first kappa shape index (κ1) is 16.8. The molecule has 0 saturated carbocycles. The highest BCUT2D eigenvalue weighted by atomic mass is 19.1. The van der Waals surface area contributed by atoms with Crippen LogP contribution >= 0.6 is 0 Å².